The summed E-state index contributed by atoms with van der Waals surface area (Å²) in [5.41, 5.74) is 3.80. The summed E-state index contributed by atoms with van der Waals surface area (Å²) < 4.78 is 7.38. The number of benzene rings is 1. The SMILES string of the molecule is CCOCCCNC(=NCc1nnc(C)n1C)NCCc1c[nH]c2cccc(C)c12.I. The maximum Gasteiger partial charge on any atom is 0.191 e. The standard InChI is InChI=1S/C22H33N7O.HI/c1-5-30-13-7-11-23-22(26-15-20-28-27-17(3)29(20)4)24-12-10-18-14-25-19-9-6-8-16(2)21(18)19;/h6,8-9,14,25H,5,7,10-13,15H2,1-4H3,(H2,23,24,26);1H. The molecule has 0 aliphatic heterocycles. The van der Waals surface area contributed by atoms with E-state index in [1.165, 1.54) is 22.0 Å². The van der Waals surface area contributed by atoms with Crippen LogP contribution >= 0.6 is 24.0 Å². The molecule has 0 bridgehead atoms. The summed E-state index contributed by atoms with van der Waals surface area (Å²) in [6.07, 6.45) is 3.95. The third-order valence-corrected chi connectivity index (χ3v) is 5.21. The number of nitrogens with one attached hydrogen (secondary N) is 3. The largest absolute Gasteiger partial charge is 0.382 e. The van der Waals surface area contributed by atoms with Gasteiger partial charge in [0, 0.05) is 50.5 Å². The third kappa shape index (κ3) is 6.93. The van der Waals surface area contributed by atoms with E-state index in [9.17, 15) is 0 Å². The van der Waals surface area contributed by atoms with Crippen LogP contribution < -0.4 is 10.6 Å². The molecule has 0 spiro atoms. The molecule has 0 amide bonds. The van der Waals surface area contributed by atoms with Crippen molar-refractivity contribution >= 4 is 40.8 Å². The van der Waals surface area contributed by atoms with E-state index in [1.807, 2.05) is 25.5 Å². The first-order valence-corrected chi connectivity index (χ1v) is 10.6. The van der Waals surface area contributed by atoms with E-state index in [2.05, 4.69) is 57.1 Å². The molecule has 9 heteroatoms. The van der Waals surface area contributed by atoms with Crippen LogP contribution in [-0.4, -0.2) is 52.0 Å². The zero-order chi connectivity index (χ0) is 21.3. The van der Waals surface area contributed by atoms with Crippen LogP contribution in [0.25, 0.3) is 10.9 Å². The van der Waals surface area contributed by atoms with E-state index in [0.29, 0.717) is 6.54 Å². The number of fused-ring (bicyclic) bond motifs is 1. The first-order valence-electron chi connectivity index (χ1n) is 10.6. The highest BCUT2D eigenvalue weighted by Crippen LogP contribution is 2.22. The number of aromatic amines is 1. The lowest BCUT2D eigenvalue weighted by Gasteiger charge is -2.13. The van der Waals surface area contributed by atoms with Gasteiger partial charge in [0.15, 0.2) is 11.8 Å². The monoisotopic (exact) mass is 539 g/mol. The predicted molar refractivity (Wildman–Crippen MR) is 136 cm³/mol. The Kier molecular flexibility index (Phi) is 10.3. The molecule has 2 aromatic heterocycles. The lowest BCUT2D eigenvalue weighted by atomic mass is 10.1. The van der Waals surface area contributed by atoms with Crippen molar-refractivity contribution in [2.24, 2.45) is 12.0 Å². The smallest absolute Gasteiger partial charge is 0.191 e. The van der Waals surface area contributed by atoms with Gasteiger partial charge in [0.1, 0.15) is 12.4 Å². The van der Waals surface area contributed by atoms with E-state index in [1.54, 1.807) is 0 Å². The van der Waals surface area contributed by atoms with Crippen LogP contribution in [0.3, 0.4) is 0 Å². The number of aryl methyl sites for hydroxylation is 2. The molecule has 0 radical (unpaired) electrons. The Morgan fingerprint density at radius 3 is 2.74 bits per heavy atom. The van der Waals surface area contributed by atoms with Crippen molar-refractivity contribution in [3.63, 3.8) is 0 Å². The second kappa shape index (κ2) is 12.7. The van der Waals surface area contributed by atoms with Crippen molar-refractivity contribution in [1.82, 2.24) is 30.4 Å². The zero-order valence-corrected chi connectivity index (χ0v) is 21.2. The Hall–Kier alpha value is -2.14. The number of nitrogens with zero attached hydrogens (tertiary/aromatic N) is 4. The van der Waals surface area contributed by atoms with Crippen molar-refractivity contribution < 1.29 is 4.74 Å². The summed E-state index contributed by atoms with van der Waals surface area (Å²) in [6, 6.07) is 6.36. The molecule has 3 aromatic rings. The third-order valence-electron chi connectivity index (χ3n) is 5.21. The average Bonchev–Trinajstić information content (AvgIpc) is 3.30. The molecule has 0 fully saturated rings. The van der Waals surface area contributed by atoms with Crippen LogP contribution in [0, 0.1) is 13.8 Å². The molecule has 0 aliphatic carbocycles. The maximum absolute atomic E-state index is 5.42. The van der Waals surface area contributed by atoms with Gasteiger partial charge in [-0.2, -0.15) is 0 Å². The van der Waals surface area contributed by atoms with Crippen LogP contribution in [0.1, 0.15) is 36.1 Å². The van der Waals surface area contributed by atoms with Crippen molar-refractivity contribution in [3.8, 4) is 0 Å². The summed E-state index contributed by atoms with van der Waals surface area (Å²) in [5.74, 6) is 2.51. The van der Waals surface area contributed by atoms with Crippen molar-refractivity contribution in [2.75, 3.05) is 26.3 Å². The number of hydrogen-bond donors (Lipinski definition) is 3. The van der Waals surface area contributed by atoms with Gasteiger partial charge in [-0.25, -0.2) is 4.99 Å². The normalized spacial score (nSPS) is 11.5. The minimum atomic E-state index is 0. The van der Waals surface area contributed by atoms with E-state index in [0.717, 1.165) is 56.8 Å². The summed E-state index contributed by atoms with van der Waals surface area (Å²) in [4.78, 5) is 8.08. The van der Waals surface area contributed by atoms with Gasteiger partial charge in [0.05, 0.1) is 0 Å². The van der Waals surface area contributed by atoms with Crippen LogP contribution in [0.2, 0.25) is 0 Å². The number of aromatic nitrogens is 4. The molecule has 31 heavy (non-hydrogen) atoms. The molecular formula is C22H34IN7O. The highest BCUT2D eigenvalue weighted by molar-refractivity contribution is 14.0. The number of halogens is 1. The zero-order valence-electron chi connectivity index (χ0n) is 18.9. The van der Waals surface area contributed by atoms with Gasteiger partial charge in [-0.1, -0.05) is 12.1 Å². The summed E-state index contributed by atoms with van der Waals surface area (Å²) >= 11 is 0. The van der Waals surface area contributed by atoms with Crippen LogP contribution in [0.4, 0.5) is 0 Å². The van der Waals surface area contributed by atoms with Crippen molar-refractivity contribution in [3.05, 3.63) is 47.2 Å². The molecule has 170 valence electrons. The van der Waals surface area contributed by atoms with Gasteiger partial charge in [-0.3, -0.25) is 0 Å². The minimum absolute atomic E-state index is 0. The summed E-state index contributed by atoms with van der Waals surface area (Å²) in [5, 5.41) is 16.5. The molecule has 3 rings (SSSR count). The second-order valence-electron chi connectivity index (χ2n) is 7.35. The van der Waals surface area contributed by atoms with Crippen LogP contribution in [-0.2, 0) is 24.8 Å². The van der Waals surface area contributed by atoms with Gasteiger partial charge < -0.3 is 24.9 Å². The first-order chi connectivity index (χ1) is 14.6. The molecule has 0 aliphatic rings. The average molecular weight is 539 g/mol. The molecular weight excluding hydrogens is 505 g/mol. The summed E-state index contributed by atoms with van der Waals surface area (Å²) in [7, 11) is 1.96. The van der Waals surface area contributed by atoms with E-state index >= 15 is 0 Å². The van der Waals surface area contributed by atoms with Crippen molar-refractivity contribution in [1.29, 1.82) is 0 Å². The fourth-order valence-corrected chi connectivity index (χ4v) is 3.40. The number of ether oxygens (including phenoxy) is 1. The van der Waals surface area contributed by atoms with Gasteiger partial charge in [0.2, 0.25) is 0 Å². The quantitative estimate of drug-likeness (QED) is 0.159. The molecule has 0 saturated carbocycles. The van der Waals surface area contributed by atoms with Gasteiger partial charge in [-0.15, -0.1) is 34.2 Å². The molecule has 1 aromatic carbocycles. The lowest BCUT2D eigenvalue weighted by molar-refractivity contribution is 0.145. The maximum atomic E-state index is 5.42. The van der Waals surface area contributed by atoms with Gasteiger partial charge >= 0.3 is 0 Å². The van der Waals surface area contributed by atoms with Gasteiger partial charge in [0.25, 0.3) is 0 Å². The van der Waals surface area contributed by atoms with Crippen LogP contribution in [0.15, 0.2) is 29.4 Å². The minimum Gasteiger partial charge on any atom is -0.382 e. The number of hydrogen-bond acceptors (Lipinski definition) is 4. The Labute approximate surface area is 201 Å². The van der Waals surface area contributed by atoms with E-state index in [-0.39, 0.29) is 24.0 Å². The molecule has 0 atom stereocenters. The van der Waals surface area contributed by atoms with Gasteiger partial charge in [-0.05, 0) is 50.8 Å². The lowest BCUT2D eigenvalue weighted by Crippen LogP contribution is -2.39. The number of rotatable bonds is 10. The molecule has 2 heterocycles. The van der Waals surface area contributed by atoms with E-state index in [4.69, 9.17) is 9.73 Å². The second-order valence-corrected chi connectivity index (χ2v) is 7.35. The molecule has 3 N–H and O–H groups in total. The van der Waals surface area contributed by atoms with Crippen LogP contribution in [0.5, 0.6) is 0 Å². The molecule has 0 unspecified atom stereocenters. The fourth-order valence-electron chi connectivity index (χ4n) is 3.40. The number of H-pyrrole nitrogens is 1. The topological polar surface area (TPSA) is 92.2 Å². The Morgan fingerprint density at radius 2 is 2.00 bits per heavy atom. The highest BCUT2D eigenvalue weighted by Gasteiger charge is 2.08. The molecule has 0 saturated heterocycles. The molecule has 8 nitrogen and oxygen atoms in total. The predicted octanol–water partition coefficient (Wildman–Crippen LogP) is 3.24. The first kappa shape index (κ1) is 25.1. The van der Waals surface area contributed by atoms with E-state index < -0.39 is 0 Å². The summed E-state index contributed by atoms with van der Waals surface area (Å²) in [6.45, 7) is 9.66. The Bertz CT molecular complexity index is 980. The number of aliphatic imine (C=N–C) groups is 1. The van der Waals surface area contributed by atoms with Crippen molar-refractivity contribution in [2.45, 2.75) is 40.2 Å². The fraction of sp³-hybridized carbons (Fsp3) is 0.500. The highest BCUT2D eigenvalue weighted by atomic mass is 127. The number of guanidine groups is 1. The Morgan fingerprint density at radius 1 is 1.19 bits per heavy atom. The Balaban J connectivity index is 0.00000341.